The van der Waals surface area contributed by atoms with Gasteiger partial charge in [-0.2, -0.15) is 0 Å². The number of nitrogens with zero attached hydrogens (tertiary/aromatic N) is 4. The van der Waals surface area contributed by atoms with Crippen LogP contribution in [0, 0.1) is 5.92 Å². The number of pyridine rings is 2. The molecular weight excluding hydrogens is 578 g/mol. The Labute approximate surface area is 252 Å². The normalized spacial score (nSPS) is 20.6. The van der Waals surface area contributed by atoms with Crippen LogP contribution >= 0.6 is 11.6 Å². The minimum absolute atomic E-state index is 0.0656. The Morgan fingerprint density at radius 2 is 1.81 bits per heavy atom. The van der Waals surface area contributed by atoms with E-state index in [1.54, 1.807) is 19.2 Å². The Morgan fingerprint density at radius 3 is 2.53 bits per heavy atom. The van der Waals surface area contributed by atoms with Gasteiger partial charge in [0.25, 0.3) is 18.2 Å². The molecular formula is C31H31ClF2N6O3. The lowest BCUT2D eigenvalue weighted by Gasteiger charge is -2.47. The number of fused-ring (bicyclic) bond motifs is 2. The summed E-state index contributed by atoms with van der Waals surface area (Å²) in [6.07, 6.45) is 1.12. The number of anilines is 2. The second-order valence-electron chi connectivity index (χ2n) is 11.4. The number of para-hydroxylation sites is 1. The first kappa shape index (κ1) is 29.0. The highest BCUT2D eigenvalue weighted by Crippen LogP contribution is 2.49. The maximum absolute atomic E-state index is 14.0. The summed E-state index contributed by atoms with van der Waals surface area (Å²) < 4.78 is 26.8. The van der Waals surface area contributed by atoms with Gasteiger partial charge in [0.1, 0.15) is 22.6 Å². The van der Waals surface area contributed by atoms with Gasteiger partial charge in [-0.05, 0) is 61.4 Å². The largest absolute Gasteiger partial charge is 0.354 e. The maximum Gasteiger partial charge on any atom is 0.281 e. The summed E-state index contributed by atoms with van der Waals surface area (Å²) in [5.74, 6) is 0.0798. The Kier molecular flexibility index (Phi) is 7.76. The first-order valence-electron chi connectivity index (χ1n) is 14.3. The summed E-state index contributed by atoms with van der Waals surface area (Å²) in [7, 11) is 1.56. The molecule has 6 rings (SSSR count). The van der Waals surface area contributed by atoms with E-state index in [-0.39, 0.29) is 34.4 Å². The number of halogens is 3. The smallest absolute Gasteiger partial charge is 0.281 e. The summed E-state index contributed by atoms with van der Waals surface area (Å²) >= 11 is 5.91. The lowest BCUT2D eigenvalue weighted by Crippen LogP contribution is -2.64. The van der Waals surface area contributed by atoms with Gasteiger partial charge in [0, 0.05) is 44.6 Å². The zero-order chi connectivity index (χ0) is 30.3. The Bertz CT molecular complexity index is 1570. The summed E-state index contributed by atoms with van der Waals surface area (Å²) in [6, 6.07) is 14.2. The van der Waals surface area contributed by atoms with E-state index in [1.165, 1.54) is 6.07 Å². The van der Waals surface area contributed by atoms with Crippen LogP contribution in [0.3, 0.4) is 0 Å². The van der Waals surface area contributed by atoms with Crippen LogP contribution in [0.2, 0.25) is 5.02 Å². The third-order valence-electron chi connectivity index (χ3n) is 8.76. The molecule has 0 radical (unpaired) electrons. The molecule has 2 fully saturated rings. The van der Waals surface area contributed by atoms with Crippen LogP contribution in [0.5, 0.6) is 0 Å². The molecule has 1 saturated carbocycles. The number of alkyl halides is 2. The highest BCUT2D eigenvalue weighted by atomic mass is 35.5. The van der Waals surface area contributed by atoms with Crippen LogP contribution in [0.25, 0.3) is 0 Å². The minimum Gasteiger partial charge on any atom is -0.354 e. The summed E-state index contributed by atoms with van der Waals surface area (Å²) in [6.45, 7) is 1.51. The molecule has 2 N–H and O–H groups in total. The van der Waals surface area contributed by atoms with Gasteiger partial charge in [0.15, 0.2) is 0 Å². The fourth-order valence-electron chi connectivity index (χ4n) is 6.52. The molecule has 1 spiro atoms. The maximum atomic E-state index is 14.0. The third-order valence-corrected chi connectivity index (χ3v) is 8.97. The molecule has 0 bridgehead atoms. The van der Waals surface area contributed by atoms with Crippen molar-refractivity contribution >= 4 is 40.8 Å². The van der Waals surface area contributed by atoms with Crippen molar-refractivity contribution < 1.29 is 23.2 Å². The van der Waals surface area contributed by atoms with E-state index >= 15 is 0 Å². The lowest BCUT2D eigenvalue weighted by atomic mass is 9.74. The number of aromatic nitrogens is 2. The fourth-order valence-corrected chi connectivity index (χ4v) is 6.68. The molecule has 1 aliphatic carbocycles. The Hall–Kier alpha value is -4.12. The van der Waals surface area contributed by atoms with Crippen molar-refractivity contribution in [2.24, 2.45) is 5.92 Å². The molecule has 2 aliphatic heterocycles. The van der Waals surface area contributed by atoms with Crippen molar-refractivity contribution in [1.29, 1.82) is 0 Å². The van der Waals surface area contributed by atoms with E-state index in [0.717, 1.165) is 30.3 Å². The van der Waals surface area contributed by atoms with Crippen molar-refractivity contribution in [3.8, 4) is 0 Å². The van der Waals surface area contributed by atoms with E-state index in [2.05, 4.69) is 20.6 Å². The standard InChI is InChI=1S/C31H31ClF2N6O3/c1-35-29(42)23-6-4-8-25(38-23)39-16-31(17-39)22-5-2-3-7-24(22)40(30(31)43)15-18-9-11-20(12-10-18)37-28(41)21-13-19(32)14-36-26(21)27(33)34/h2-8,13-14,18,20,27H,9-12,15-17H2,1H3,(H,35,42)(H,37,41)/t18-,20-. The summed E-state index contributed by atoms with van der Waals surface area (Å²) in [5.41, 5.74) is 0.790. The molecule has 224 valence electrons. The molecule has 9 nitrogen and oxygen atoms in total. The molecule has 0 atom stereocenters. The fraction of sp³-hybridized carbons (Fsp3) is 0.387. The van der Waals surface area contributed by atoms with Crippen molar-refractivity contribution in [3.05, 3.63) is 82.3 Å². The van der Waals surface area contributed by atoms with Crippen molar-refractivity contribution in [1.82, 2.24) is 20.6 Å². The van der Waals surface area contributed by atoms with Crippen LogP contribution in [0.1, 0.15) is 64.2 Å². The van der Waals surface area contributed by atoms with E-state index in [9.17, 15) is 23.2 Å². The Balaban J connectivity index is 1.10. The van der Waals surface area contributed by atoms with E-state index in [0.29, 0.717) is 44.0 Å². The van der Waals surface area contributed by atoms with E-state index in [4.69, 9.17) is 11.6 Å². The average molecular weight is 609 g/mol. The van der Waals surface area contributed by atoms with Gasteiger partial charge in [0.2, 0.25) is 5.91 Å². The summed E-state index contributed by atoms with van der Waals surface area (Å²) in [4.78, 5) is 50.9. The second-order valence-corrected chi connectivity index (χ2v) is 11.8. The highest BCUT2D eigenvalue weighted by molar-refractivity contribution is 6.30. The Morgan fingerprint density at radius 1 is 1.07 bits per heavy atom. The zero-order valence-electron chi connectivity index (χ0n) is 23.5. The number of carbonyl (C=O) groups excluding carboxylic acids is 3. The van der Waals surface area contributed by atoms with Gasteiger partial charge in [-0.15, -0.1) is 0 Å². The number of nitrogens with one attached hydrogen (secondary N) is 2. The quantitative estimate of drug-likeness (QED) is 0.408. The first-order valence-corrected chi connectivity index (χ1v) is 14.7. The van der Waals surface area contributed by atoms with Gasteiger partial charge >= 0.3 is 0 Å². The van der Waals surface area contributed by atoms with Crippen LogP contribution in [-0.2, 0) is 10.2 Å². The zero-order valence-corrected chi connectivity index (χ0v) is 24.3. The lowest BCUT2D eigenvalue weighted by molar-refractivity contribution is -0.124. The van der Waals surface area contributed by atoms with Crippen molar-refractivity contribution in [2.75, 3.05) is 36.5 Å². The predicted octanol–water partition coefficient (Wildman–Crippen LogP) is 4.52. The van der Waals surface area contributed by atoms with Gasteiger partial charge in [-0.25, -0.2) is 13.8 Å². The molecule has 12 heteroatoms. The number of carbonyl (C=O) groups is 3. The number of hydrogen-bond donors (Lipinski definition) is 2. The van der Waals surface area contributed by atoms with Gasteiger partial charge in [-0.3, -0.25) is 19.4 Å². The molecule has 3 aliphatic rings. The van der Waals surface area contributed by atoms with Crippen LogP contribution < -0.4 is 20.4 Å². The molecule has 4 heterocycles. The van der Waals surface area contributed by atoms with E-state index < -0.39 is 23.4 Å². The number of rotatable bonds is 7. The van der Waals surface area contributed by atoms with E-state index in [1.807, 2.05) is 40.1 Å². The number of hydrogen-bond acceptors (Lipinski definition) is 6. The monoisotopic (exact) mass is 608 g/mol. The average Bonchev–Trinajstić information content (AvgIpc) is 3.24. The van der Waals surface area contributed by atoms with Crippen LogP contribution in [-0.4, -0.2) is 60.4 Å². The second kappa shape index (κ2) is 11.5. The number of benzene rings is 1. The summed E-state index contributed by atoms with van der Waals surface area (Å²) in [5, 5.41) is 5.58. The molecule has 0 unspecified atom stereocenters. The molecule has 3 amide bonds. The van der Waals surface area contributed by atoms with Crippen LogP contribution in [0.15, 0.2) is 54.7 Å². The molecule has 3 aromatic rings. The van der Waals surface area contributed by atoms with Crippen LogP contribution in [0.4, 0.5) is 20.3 Å². The van der Waals surface area contributed by atoms with Gasteiger partial charge in [-0.1, -0.05) is 35.9 Å². The minimum atomic E-state index is -2.88. The van der Waals surface area contributed by atoms with Crippen molar-refractivity contribution in [3.63, 3.8) is 0 Å². The number of amides is 3. The molecule has 1 saturated heterocycles. The van der Waals surface area contributed by atoms with Crippen molar-refractivity contribution in [2.45, 2.75) is 43.6 Å². The molecule has 2 aromatic heterocycles. The first-order chi connectivity index (χ1) is 20.7. The highest BCUT2D eigenvalue weighted by Gasteiger charge is 2.58. The third kappa shape index (κ3) is 5.30. The predicted molar refractivity (Wildman–Crippen MR) is 158 cm³/mol. The molecule has 43 heavy (non-hydrogen) atoms. The van der Waals surface area contributed by atoms with Gasteiger partial charge < -0.3 is 20.4 Å². The SMILES string of the molecule is CNC(=O)c1cccc(N2CC3(C2)C(=O)N(C[C@H]2CC[C@H](NC(=O)c4cc(Cl)cnc4C(F)F)CC2)c2ccccc23)n1. The topological polar surface area (TPSA) is 108 Å². The van der Waals surface area contributed by atoms with Gasteiger partial charge in [0.05, 0.1) is 10.6 Å². The molecule has 1 aromatic carbocycles.